The van der Waals surface area contributed by atoms with Crippen LogP contribution in [0.2, 0.25) is 5.02 Å². The van der Waals surface area contributed by atoms with Gasteiger partial charge in [-0.05, 0) is 72.4 Å². The molecule has 8 nitrogen and oxygen atoms in total. The maximum atomic E-state index is 13.3. The van der Waals surface area contributed by atoms with Crippen LogP contribution in [0.5, 0.6) is 0 Å². The van der Waals surface area contributed by atoms with Crippen LogP contribution in [0.3, 0.4) is 0 Å². The van der Waals surface area contributed by atoms with Crippen molar-refractivity contribution in [3.8, 4) is 11.9 Å². The van der Waals surface area contributed by atoms with Gasteiger partial charge < -0.3 is 10.6 Å². The summed E-state index contributed by atoms with van der Waals surface area (Å²) < 4.78 is 1.74. The van der Waals surface area contributed by atoms with Crippen molar-refractivity contribution in [2.45, 2.75) is 32.2 Å². The van der Waals surface area contributed by atoms with Crippen molar-refractivity contribution >= 4 is 45.0 Å². The normalized spacial score (nSPS) is 13.8. The standard InChI is InChI=1S/C22H18BrClN6O2/c1-12-8-13(11-25)9-14(20(31)28-22(2)5-6-22)18(12)27-21(32)16-10-17(23)29-30(16)19-15(24)4-3-7-26-19/h3-4,7-10H,5-6H2,1-2H3,(H,27,32)(H,28,31). The number of hydrogen-bond acceptors (Lipinski definition) is 5. The van der Waals surface area contributed by atoms with Crippen LogP contribution >= 0.6 is 27.5 Å². The van der Waals surface area contributed by atoms with Crippen LogP contribution < -0.4 is 10.6 Å². The molecule has 0 atom stereocenters. The summed E-state index contributed by atoms with van der Waals surface area (Å²) in [6.07, 6.45) is 3.31. The van der Waals surface area contributed by atoms with E-state index in [1.807, 2.05) is 6.92 Å². The van der Waals surface area contributed by atoms with E-state index in [1.54, 1.807) is 31.3 Å². The SMILES string of the molecule is Cc1cc(C#N)cc(C(=O)NC2(C)CC2)c1NC(=O)c1cc(Br)nn1-c1ncccc1Cl. The first-order valence-corrected chi connectivity index (χ1v) is 10.9. The lowest BCUT2D eigenvalue weighted by atomic mass is 10.0. The molecule has 1 saturated carbocycles. The zero-order valence-electron chi connectivity index (χ0n) is 17.2. The molecular weight excluding hydrogens is 496 g/mol. The van der Waals surface area contributed by atoms with Crippen LogP contribution in [-0.2, 0) is 0 Å². The van der Waals surface area contributed by atoms with E-state index in [9.17, 15) is 14.9 Å². The van der Waals surface area contributed by atoms with Gasteiger partial charge in [0.25, 0.3) is 11.8 Å². The summed E-state index contributed by atoms with van der Waals surface area (Å²) in [6.45, 7) is 3.69. The van der Waals surface area contributed by atoms with Gasteiger partial charge in [-0.25, -0.2) is 9.67 Å². The van der Waals surface area contributed by atoms with E-state index in [4.69, 9.17) is 11.6 Å². The number of nitrogens with one attached hydrogen (secondary N) is 2. The Morgan fingerprint density at radius 1 is 1.28 bits per heavy atom. The van der Waals surface area contributed by atoms with E-state index in [0.717, 1.165) is 12.8 Å². The van der Waals surface area contributed by atoms with Crippen LogP contribution in [0.25, 0.3) is 5.82 Å². The fourth-order valence-corrected chi connectivity index (χ4v) is 3.81. The summed E-state index contributed by atoms with van der Waals surface area (Å²) >= 11 is 9.53. The maximum Gasteiger partial charge on any atom is 0.274 e. The van der Waals surface area contributed by atoms with Gasteiger partial charge in [-0.15, -0.1) is 0 Å². The van der Waals surface area contributed by atoms with Crippen molar-refractivity contribution in [2.75, 3.05) is 5.32 Å². The van der Waals surface area contributed by atoms with Gasteiger partial charge in [0.05, 0.1) is 27.9 Å². The van der Waals surface area contributed by atoms with Gasteiger partial charge in [0.2, 0.25) is 0 Å². The highest BCUT2D eigenvalue weighted by Gasteiger charge is 2.39. The number of anilines is 1. The molecule has 0 aliphatic heterocycles. The summed E-state index contributed by atoms with van der Waals surface area (Å²) in [5.41, 5.74) is 1.38. The molecule has 3 aromatic rings. The predicted octanol–water partition coefficient (Wildman–Crippen LogP) is 4.40. The zero-order chi connectivity index (χ0) is 23.0. The number of benzene rings is 1. The summed E-state index contributed by atoms with van der Waals surface area (Å²) in [5.74, 6) is -0.562. The number of hydrogen-bond donors (Lipinski definition) is 2. The molecule has 1 fully saturated rings. The number of carbonyl (C=O) groups is 2. The van der Waals surface area contributed by atoms with Crippen LogP contribution in [-0.4, -0.2) is 32.1 Å². The summed E-state index contributed by atoms with van der Waals surface area (Å²) in [4.78, 5) is 30.4. The molecule has 0 spiro atoms. The van der Waals surface area contributed by atoms with Crippen molar-refractivity contribution in [3.05, 3.63) is 68.5 Å². The van der Waals surface area contributed by atoms with Crippen molar-refractivity contribution < 1.29 is 9.59 Å². The van der Waals surface area contributed by atoms with E-state index in [0.29, 0.717) is 32.3 Å². The first kappa shape index (κ1) is 22.0. The molecule has 2 N–H and O–H groups in total. The van der Waals surface area contributed by atoms with Crippen LogP contribution in [0.15, 0.2) is 41.1 Å². The lowest BCUT2D eigenvalue weighted by molar-refractivity contribution is 0.0936. The monoisotopic (exact) mass is 512 g/mol. The highest BCUT2D eigenvalue weighted by molar-refractivity contribution is 9.10. The summed E-state index contributed by atoms with van der Waals surface area (Å²) in [6, 6.07) is 10.0. The van der Waals surface area contributed by atoms with Gasteiger partial charge in [0.1, 0.15) is 10.3 Å². The molecule has 0 saturated heterocycles. The number of halogens is 2. The van der Waals surface area contributed by atoms with Gasteiger partial charge in [-0.2, -0.15) is 10.4 Å². The number of pyridine rings is 1. The Bertz CT molecular complexity index is 1290. The third-order valence-electron chi connectivity index (χ3n) is 5.21. The minimum absolute atomic E-state index is 0.168. The molecule has 10 heteroatoms. The molecule has 0 bridgehead atoms. The average Bonchev–Trinajstić information content (AvgIpc) is 3.34. The molecule has 0 radical (unpaired) electrons. The quantitative estimate of drug-likeness (QED) is 0.525. The van der Waals surface area contributed by atoms with Crippen molar-refractivity contribution in [2.24, 2.45) is 0 Å². The van der Waals surface area contributed by atoms with E-state index in [2.05, 4.69) is 42.7 Å². The van der Waals surface area contributed by atoms with Crippen molar-refractivity contribution in [1.82, 2.24) is 20.1 Å². The van der Waals surface area contributed by atoms with Gasteiger partial charge in [0.15, 0.2) is 5.82 Å². The molecule has 2 aromatic heterocycles. The van der Waals surface area contributed by atoms with Crippen molar-refractivity contribution in [3.63, 3.8) is 0 Å². The first-order valence-electron chi connectivity index (χ1n) is 9.76. The Hall–Kier alpha value is -3.22. The Balaban J connectivity index is 1.72. The molecule has 32 heavy (non-hydrogen) atoms. The number of rotatable bonds is 5. The topological polar surface area (TPSA) is 113 Å². The number of carbonyl (C=O) groups excluding carboxylic acids is 2. The van der Waals surface area contributed by atoms with Crippen LogP contribution in [0, 0.1) is 18.3 Å². The lowest BCUT2D eigenvalue weighted by Gasteiger charge is -2.17. The van der Waals surface area contributed by atoms with Crippen LogP contribution in [0.1, 0.15) is 51.7 Å². The molecule has 2 amide bonds. The molecule has 2 heterocycles. The van der Waals surface area contributed by atoms with E-state index >= 15 is 0 Å². The largest absolute Gasteiger partial charge is 0.347 e. The van der Waals surface area contributed by atoms with E-state index < -0.39 is 5.91 Å². The second kappa shape index (κ2) is 8.37. The summed E-state index contributed by atoms with van der Waals surface area (Å²) in [5, 5.41) is 19.7. The smallest absolute Gasteiger partial charge is 0.274 e. The predicted molar refractivity (Wildman–Crippen MR) is 123 cm³/mol. The zero-order valence-corrected chi connectivity index (χ0v) is 19.6. The molecule has 1 aromatic carbocycles. The third kappa shape index (κ3) is 4.38. The van der Waals surface area contributed by atoms with E-state index in [-0.39, 0.29) is 22.7 Å². The van der Waals surface area contributed by atoms with Gasteiger partial charge >= 0.3 is 0 Å². The second-order valence-electron chi connectivity index (χ2n) is 7.87. The van der Waals surface area contributed by atoms with Gasteiger partial charge in [-0.1, -0.05) is 11.6 Å². The second-order valence-corrected chi connectivity index (χ2v) is 9.09. The lowest BCUT2D eigenvalue weighted by Crippen LogP contribution is -2.35. The van der Waals surface area contributed by atoms with Gasteiger partial charge in [0, 0.05) is 17.8 Å². The Morgan fingerprint density at radius 2 is 2.03 bits per heavy atom. The number of nitriles is 1. The minimum atomic E-state index is -0.510. The van der Waals surface area contributed by atoms with Crippen LogP contribution in [0.4, 0.5) is 5.69 Å². The number of aryl methyl sites for hydroxylation is 1. The number of aromatic nitrogens is 3. The average molecular weight is 514 g/mol. The highest BCUT2D eigenvalue weighted by Crippen LogP contribution is 2.35. The Kier molecular flexibility index (Phi) is 5.75. The molecule has 1 aliphatic rings. The third-order valence-corrected chi connectivity index (χ3v) is 5.90. The van der Waals surface area contributed by atoms with E-state index in [1.165, 1.54) is 16.8 Å². The highest BCUT2D eigenvalue weighted by atomic mass is 79.9. The van der Waals surface area contributed by atoms with Gasteiger partial charge in [-0.3, -0.25) is 9.59 Å². The van der Waals surface area contributed by atoms with Crippen molar-refractivity contribution in [1.29, 1.82) is 5.26 Å². The Labute approximate surface area is 197 Å². The molecule has 4 rings (SSSR count). The minimum Gasteiger partial charge on any atom is -0.347 e. The maximum absolute atomic E-state index is 13.3. The fraction of sp³-hybridized carbons (Fsp3) is 0.227. The molecule has 162 valence electrons. The number of amides is 2. The molecule has 1 aliphatic carbocycles. The fourth-order valence-electron chi connectivity index (χ4n) is 3.24. The number of nitrogens with zero attached hydrogens (tertiary/aromatic N) is 4. The summed E-state index contributed by atoms with van der Waals surface area (Å²) in [7, 11) is 0. The molecular formula is C22H18BrClN6O2. The molecule has 0 unspecified atom stereocenters. The first-order chi connectivity index (χ1) is 15.2. The Morgan fingerprint density at radius 3 is 2.69 bits per heavy atom.